The summed E-state index contributed by atoms with van der Waals surface area (Å²) >= 11 is 0. The molecule has 0 saturated heterocycles. The van der Waals surface area contributed by atoms with Crippen molar-refractivity contribution in [3.05, 3.63) is 24.6 Å². The van der Waals surface area contributed by atoms with Gasteiger partial charge in [0.1, 0.15) is 5.60 Å². The molecule has 3 heteroatoms. The molecule has 1 rings (SSSR count). The molecule has 0 saturated carbocycles. The van der Waals surface area contributed by atoms with E-state index < -0.39 is 5.60 Å². The Hall–Kier alpha value is -0.960. The van der Waals surface area contributed by atoms with Gasteiger partial charge in [-0.2, -0.15) is 0 Å². The quantitative estimate of drug-likeness (QED) is 0.624. The molecule has 1 N–H and O–H groups in total. The Labute approximate surface area is 66.6 Å². The highest BCUT2D eigenvalue weighted by atomic mass is 16.7. The molecule has 0 radical (unpaired) electrons. The second-order valence-electron chi connectivity index (χ2n) is 2.53. The van der Waals surface area contributed by atoms with Gasteiger partial charge in [-0.15, -0.1) is 0 Å². The van der Waals surface area contributed by atoms with Crippen LogP contribution in [0.25, 0.3) is 0 Å². The van der Waals surface area contributed by atoms with Crippen LogP contribution in [0.15, 0.2) is 24.6 Å². The van der Waals surface area contributed by atoms with E-state index >= 15 is 0 Å². The van der Waals surface area contributed by atoms with E-state index in [2.05, 4.69) is 12.1 Å². The maximum Gasteiger partial charge on any atom is 0.210 e. The van der Waals surface area contributed by atoms with E-state index in [1.807, 2.05) is 19.9 Å². The molecule has 0 amide bonds. The Morgan fingerprint density at radius 2 is 2.64 bits per heavy atom. The molecule has 0 aliphatic carbocycles. The number of hydroxylamine groups is 1. The number of hydrogen-bond donors (Lipinski definition) is 1. The Morgan fingerprint density at radius 3 is 3.09 bits per heavy atom. The monoisotopic (exact) mass is 155 g/mol. The number of nitrogens with one attached hydrogen (secondary N) is 1. The van der Waals surface area contributed by atoms with E-state index in [9.17, 15) is 0 Å². The van der Waals surface area contributed by atoms with Gasteiger partial charge in [0.05, 0.1) is 6.61 Å². The molecular weight excluding hydrogens is 142 g/mol. The van der Waals surface area contributed by atoms with Crippen LogP contribution in [0.3, 0.4) is 0 Å². The zero-order valence-electron chi connectivity index (χ0n) is 6.89. The topological polar surface area (TPSA) is 30.5 Å². The maximum absolute atomic E-state index is 5.18. The molecule has 1 aliphatic rings. The Kier molecular flexibility index (Phi) is 2.19. The van der Waals surface area contributed by atoms with E-state index in [1.54, 1.807) is 6.08 Å². The summed E-state index contributed by atoms with van der Waals surface area (Å²) in [5, 5.41) is 0. The molecule has 0 fully saturated rings. The van der Waals surface area contributed by atoms with Crippen LogP contribution in [-0.2, 0) is 9.57 Å². The first-order chi connectivity index (χ1) is 5.20. The van der Waals surface area contributed by atoms with Gasteiger partial charge >= 0.3 is 0 Å². The average molecular weight is 155 g/mol. The summed E-state index contributed by atoms with van der Waals surface area (Å²) in [7, 11) is 0. The second kappa shape index (κ2) is 2.96. The normalized spacial score (nSPS) is 29.1. The van der Waals surface area contributed by atoms with Gasteiger partial charge in [0, 0.05) is 6.08 Å². The summed E-state index contributed by atoms with van der Waals surface area (Å²) in [5.74, 6) is 0.662. The molecule has 62 valence electrons. The van der Waals surface area contributed by atoms with Gasteiger partial charge in [0.25, 0.3) is 0 Å². The minimum absolute atomic E-state index is 0.426. The summed E-state index contributed by atoms with van der Waals surface area (Å²) < 4.78 is 5.18. The fraction of sp³-hybridized carbons (Fsp3) is 0.500. The average Bonchev–Trinajstić information content (AvgIpc) is 2.35. The van der Waals surface area contributed by atoms with Crippen molar-refractivity contribution in [3.63, 3.8) is 0 Å². The smallest absolute Gasteiger partial charge is 0.210 e. The first kappa shape index (κ1) is 8.14. The molecule has 1 aliphatic heterocycles. The zero-order valence-corrected chi connectivity index (χ0v) is 6.89. The molecule has 0 spiro atoms. The van der Waals surface area contributed by atoms with Crippen LogP contribution >= 0.6 is 0 Å². The molecule has 3 nitrogen and oxygen atoms in total. The molecule has 0 bridgehead atoms. The number of hydrogen-bond acceptors (Lipinski definition) is 3. The highest BCUT2D eigenvalue weighted by Gasteiger charge is 2.26. The van der Waals surface area contributed by atoms with Crippen LogP contribution in [0.1, 0.15) is 13.8 Å². The zero-order chi connectivity index (χ0) is 8.32. The number of ether oxygens (including phenoxy) is 1. The molecule has 1 atom stereocenters. The highest BCUT2D eigenvalue weighted by Crippen LogP contribution is 2.20. The fourth-order valence-corrected chi connectivity index (χ4v) is 0.807. The van der Waals surface area contributed by atoms with Crippen LogP contribution in [0.4, 0.5) is 0 Å². The highest BCUT2D eigenvalue weighted by molar-refractivity contribution is 5.15. The van der Waals surface area contributed by atoms with Gasteiger partial charge in [-0.05, 0) is 13.8 Å². The molecule has 0 aromatic heterocycles. The lowest BCUT2D eigenvalue weighted by Crippen LogP contribution is -2.22. The lowest BCUT2D eigenvalue weighted by atomic mass is 10.1. The standard InChI is InChI=1S/C8H13NO2/c1-4-8(3)6-7(9-11-8)10-5-2/h4,6,9H,1,5H2,2-3H3. The summed E-state index contributed by atoms with van der Waals surface area (Å²) in [6.45, 7) is 8.10. The summed E-state index contributed by atoms with van der Waals surface area (Å²) in [5.41, 5.74) is 2.24. The first-order valence-corrected chi connectivity index (χ1v) is 3.63. The van der Waals surface area contributed by atoms with Crippen molar-refractivity contribution in [2.45, 2.75) is 19.4 Å². The van der Waals surface area contributed by atoms with E-state index in [1.165, 1.54) is 0 Å². The third-order valence-corrected chi connectivity index (χ3v) is 1.49. The summed E-state index contributed by atoms with van der Waals surface area (Å²) in [6, 6.07) is 0. The molecule has 11 heavy (non-hydrogen) atoms. The third kappa shape index (κ3) is 1.74. The van der Waals surface area contributed by atoms with Crippen LogP contribution in [0, 0.1) is 0 Å². The van der Waals surface area contributed by atoms with Crippen LogP contribution in [-0.4, -0.2) is 12.2 Å². The van der Waals surface area contributed by atoms with E-state index in [4.69, 9.17) is 9.57 Å². The van der Waals surface area contributed by atoms with E-state index in [0.717, 1.165) is 0 Å². The van der Waals surface area contributed by atoms with E-state index in [-0.39, 0.29) is 0 Å². The van der Waals surface area contributed by atoms with Gasteiger partial charge in [-0.25, -0.2) is 5.48 Å². The predicted octanol–water partition coefficient (Wildman–Crippen LogP) is 1.34. The van der Waals surface area contributed by atoms with Gasteiger partial charge in [0.15, 0.2) is 0 Å². The largest absolute Gasteiger partial charge is 0.478 e. The van der Waals surface area contributed by atoms with Crippen LogP contribution < -0.4 is 5.48 Å². The van der Waals surface area contributed by atoms with Crippen molar-refractivity contribution in [1.29, 1.82) is 0 Å². The van der Waals surface area contributed by atoms with Gasteiger partial charge in [-0.3, -0.25) is 4.84 Å². The minimum Gasteiger partial charge on any atom is -0.478 e. The van der Waals surface area contributed by atoms with Crippen molar-refractivity contribution >= 4 is 0 Å². The predicted molar refractivity (Wildman–Crippen MR) is 42.5 cm³/mol. The number of rotatable bonds is 3. The third-order valence-electron chi connectivity index (χ3n) is 1.49. The molecule has 1 unspecified atom stereocenters. The van der Waals surface area contributed by atoms with Crippen LogP contribution in [0.5, 0.6) is 0 Å². The van der Waals surface area contributed by atoms with Crippen molar-refractivity contribution in [3.8, 4) is 0 Å². The molecule has 1 heterocycles. The molecule has 0 aromatic carbocycles. The SMILES string of the molecule is C=CC1(C)C=C(OCC)NO1. The van der Waals surface area contributed by atoms with Crippen LogP contribution in [0.2, 0.25) is 0 Å². The van der Waals surface area contributed by atoms with E-state index in [0.29, 0.717) is 12.5 Å². The second-order valence-corrected chi connectivity index (χ2v) is 2.53. The Balaban J connectivity index is 2.59. The maximum atomic E-state index is 5.18. The van der Waals surface area contributed by atoms with Crippen molar-refractivity contribution in [2.75, 3.05) is 6.61 Å². The van der Waals surface area contributed by atoms with Crippen molar-refractivity contribution in [2.24, 2.45) is 0 Å². The fourth-order valence-electron chi connectivity index (χ4n) is 0.807. The Morgan fingerprint density at radius 1 is 1.91 bits per heavy atom. The van der Waals surface area contributed by atoms with Crippen molar-refractivity contribution in [1.82, 2.24) is 5.48 Å². The van der Waals surface area contributed by atoms with Gasteiger partial charge in [0.2, 0.25) is 5.88 Å². The summed E-state index contributed by atoms with van der Waals surface area (Å²) in [4.78, 5) is 5.17. The lowest BCUT2D eigenvalue weighted by Gasteiger charge is -2.12. The Bertz CT molecular complexity index is 189. The summed E-state index contributed by atoms with van der Waals surface area (Å²) in [6.07, 6.45) is 3.56. The molecule has 0 aromatic rings. The van der Waals surface area contributed by atoms with Gasteiger partial charge < -0.3 is 4.74 Å². The molecular formula is C8H13NO2. The first-order valence-electron chi connectivity index (χ1n) is 3.63. The van der Waals surface area contributed by atoms with Gasteiger partial charge in [-0.1, -0.05) is 12.7 Å². The minimum atomic E-state index is -0.426. The lowest BCUT2D eigenvalue weighted by molar-refractivity contribution is -0.0166. The van der Waals surface area contributed by atoms with Crippen molar-refractivity contribution < 1.29 is 9.57 Å².